The molecule has 3 rings (SSSR count). The summed E-state index contributed by atoms with van der Waals surface area (Å²) in [6.45, 7) is 1.15. The van der Waals surface area contributed by atoms with E-state index in [-0.39, 0.29) is 6.54 Å². The molecule has 0 amide bonds. The molecule has 2 N–H and O–H groups in total. The molecule has 100 valence electrons. The number of sulfonamides is 1. The van der Waals surface area contributed by atoms with E-state index in [4.69, 9.17) is 0 Å². The Morgan fingerprint density at radius 2 is 2.32 bits per heavy atom. The summed E-state index contributed by atoms with van der Waals surface area (Å²) in [6.07, 6.45) is 2.54. The molecule has 2 aromatic rings. The van der Waals surface area contributed by atoms with Gasteiger partial charge in [0, 0.05) is 29.9 Å². The highest BCUT2D eigenvalue weighted by atomic mass is 32.2. The number of hydrogen-bond donors (Lipinski definition) is 2. The zero-order valence-corrected chi connectivity index (χ0v) is 11.7. The van der Waals surface area contributed by atoms with Gasteiger partial charge in [0.15, 0.2) is 0 Å². The highest BCUT2D eigenvalue weighted by Crippen LogP contribution is 2.25. The predicted octanol–water partition coefficient (Wildman–Crippen LogP) is 1.59. The number of benzene rings is 1. The molecule has 7 heteroatoms. The molecule has 1 aliphatic rings. The largest absolute Gasteiger partial charge is 0.384 e. The van der Waals surface area contributed by atoms with E-state index in [0.29, 0.717) is 4.90 Å². The molecule has 5 nitrogen and oxygen atoms in total. The third kappa shape index (κ3) is 2.63. The van der Waals surface area contributed by atoms with Crippen LogP contribution in [0.15, 0.2) is 34.8 Å². The lowest BCUT2D eigenvalue weighted by molar-refractivity contribution is 0.581. The number of fused-ring (bicyclic) bond motifs is 1. The zero-order valence-electron chi connectivity index (χ0n) is 10.1. The average Bonchev–Trinajstić information content (AvgIpc) is 3.06. The van der Waals surface area contributed by atoms with Gasteiger partial charge < -0.3 is 5.32 Å². The van der Waals surface area contributed by atoms with Gasteiger partial charge in [0.2, 0.25) is 10.0 Å². The summed E-state index contributed by atoms with van der Waals surface area (Å²) in [5, 5.41) is 3.21. The maximum Gasteiger partial charge on any atom is 0.240 e. The molecule has 0 atom stereocenters. The quantitative estimate of drug-likeness (QED) is 0.898. The third-order valence-corrected chi connectivity index (χ3v) is 5.20. The van der Waals surface area contributed by atoms with Crippen molar-refractivity contribution in [3.8, 4) is 0 Å². The maximum atomic E-state index is 12.2. The Kier molecular flexibility index (Phi) is 3.26. The van der Waals surface area contributed by atoms with E-state index < -0.39 is 10.0 Å². The number of nitrogens with one attached hydrogen (secondary N) is 2. The van der Waals surface area contributed by atoms with Crippen LogP contribution in [0.4, 0.5) is 5.69 Å². The van der Waals surface area contributed by atoms with E-state index in [2.05, 4.69) is 15.0 Å². The lowest BCUT2D eigenvalue weighted by atomic mass is 10.2. The predicted molar refractivity (Wildman–Crippen MR) is 74.8 cm³/mol. The van der Waals surface area contributed by atoms with Crippen molar-refractivity contribution in [1.82, 2.24) is 9.71 Å². The Hall–Kier alpha value is -1.44. The normalized spacial score (nSPS) is 14.1. The molecule has 1 aromatic heterocycles. The first kappa shape index (κ1) is 12.6. The van der Waals surface area contributed by atoms with Crippen molar-refractivity contribution >= 4 is 27.0 Å². The second-order valence-corrected chi connectivity index (χ2v) is 7.03. The van der Waals surface area contributed by atoms with Crippen LogP contribution in [-0.2, 0) is 23.0 Å². The van der Waals surface area contributed by atoms with Gasteiger partial charge in [0.25, 0.3) is 0 Å². The lowest BCUT2D eigenvalue weighted by Gasteiger charge is -2.07. The average molecular weight is 295 g/mol. The summed E-state index contributed by atoms with van der Waals surface area (Å²) >= 11 is 1.43. The van der Waals surface area contributed by atoms with Crippen LogP contribution in [0.2, 0.25) is 0 Å². The van der Waals surface area contributed by atoms with Gasteiger partial charge in [0.05, 0.1) is 10.4 Å². The number of thiazole rings is 1. The van der Waals surface area contributed by atoms with Gasteiger partial charge in [-0.15, -0.1) is 11.3 Å². The molecule has 1 aliphatic heterocycles. The van der Waals surface area contributed by atoms with Gasteiger partial charge in [0.1, 0.15) is 0 Å². The number of anilines is 1. The van der Waals surface area contributed by atoms with Crippen molar-refractivity contribution in [2.24, 2.45) is 0 Å². The Labute approximate surface area is 115 Å². The molecule has 0 unspecified atom stereocenters. The number of hydrogen-bond acceptors (Lipinski definition) is 5. The molecule has 0 radical (unpaired) electrons. The summed E-state index contributed by atoms with van der Waals surface area (Å²) in [7, 11) is -3.46. The van der Waals surface area contributed by atoms with E-state index >= 15 is 0 Å². The Bertz CT molecular complexity index is 681. The summed E-state index contributed by atoms with van der Waals surface area (Å²) in [5.41, 5.74) is 3.77. The molecule has 0 saturated carbocycles. The first-order valence-corrected chi connectivity index (χ1v) is 8.25. The van der Waals surface area contributed by atoms with Gasteiger partial charge in [-0.3, -0.25) is 4.98 Å². The number of rotatable bonds is 4. The van der Waals surface area contributed by atoms with Crippen molar-refractivity contribution < 1.29 is 8.42 Å². The van der Waals surface area contributed by atoms with Gasteiger partial charge in [-0.1, -0.05) is 0 Å². The monoisotopic (exact) mass is 295 g/mol. The van der Waals surface area contributed by atoms with Gasteiger partial charge in [-0.2, -0.15) is 0 Å². The molecule has 2 heterocycles. The van der Waals surface area contributed by atoms with E-state index in [0.717, 1.165) is 29.1 Å². The van der Waals surface area contributed by atoms with Gasteiger partial charge in [-0.25, -0.2) is 13.1 Å². The molecular formula is C12H13N3O2S2. The van der Waals surface area contributed by atoms with Crippen LogP contribution in [0.5, 0.6) is 0 Å². The second kappa shape index (κ2) is 4.92. The first-order valence-electron chi connectivity index (χ1n) is 5.89. The van der Waals surface area contributed by atoms with Crippen molar-refractivity contribution in [1.29, 1.82) is 0 Å². The minimum Gasteiger partial charge on any atom is -0.384 e. The molecule has 1 aromatic carbocycles. The summed E-state index contributed by atoms with van der Waals surface area (Å²) < 4.78 is 27.0. The van der Waals surface area contributed by atoms with E-state index in [1.165, 1.54) is 11.3 Å². The third-order valence-electron chi connectivity index (χ3n) is 3.02. The van der Waals surface area contributed by atoms with Crippen molar-refractivity contribution in [2.75, 3.05) is 11.9 Å². The van der Waals surface area contributed by atoms with E-state index in [9.17, 15) is 8.42 Å². The summed E-state index contributed by atoms with van der Waals surface area (Å²) in [4.78, 5) is 5.13. The fourth-order valence-corrected chi connectivity index (χ4v) is 3.71. The van der Waals surface area contributed by atoms with Crippen LogP contribution in [0.1, 0.15) is 10.4 Å². The first-order chi connectivity index (χ1) is 9.15. The molecule has 0 spiro atoms. The molecular weight excluding hydrogens is 282 g/mol. The topological polar surface area (TPSA) is 71.1 Å². The van der Waals surface area contributed by atoms with Crippen LogP contribution >= 0.6 is 11.3 Å². The molecule has 0 fully saturated rings. The molecule has 0 saturated heterocycles. The van der Waals surface area contributed by atoms with E-state index in [1.807, 2.05) is 6.07 Å². The van der Waals surface area contributed by atoms with Gasteiger partial charge in [-0.05, 0) is 30.2 Å². The van der Waals surface area contributed by atoms with Crippen LogP contribution in [0.3, 0.4) is 0 Å². The fourth-order valence-electron chi connectivity index (χ4n) is 2.03. The number of nitrogens with zero attached hydrogens (tertiary/aromatic N) is 1. The fraction of sp³-hybridized carbons (Fsp3) is 0.250. The SMILES string of the molecule is O=S(=O)(NCc1cncs1)c1ccc2c(c1)CCN2. The zero-order chi connectivity index (χ0) is 13.3. The van der Waals surface area contributed by atoms with Crippen LogP contribution in [0.25, 0.3) is 0 Å². The Morgan fingerprint density at radius 3 is 3.11 bits per heavy atom. The van der Waals surface area contributed by atoms with Crippen LogP contribution < -0.4 is 10.0 Å². The van der Waals surface area contributed by atoms with E-state index in [1.54, 1.807) is 23.8 Å². The number of aromatic nitrogens is 1. The molecule has 0 aliphatic carbocycles. The van der Waals surface area contributed by atoms with Crippen molar-refractivity contribution in [3.05, 3.63) is 40.3 Å². The minimum atomic E-state index is -3.46. The smallest absolute Gasteiger partial charge is 0.240 e. The van der Waals surface area contributed by atoms with Crippen molar-refractivity contribution in [2.45, 2.75) is 17.9 Å². The summed E-state index contributed by atoms with van der Waals surface area (Å²) in [5.74, 6) is 0. The second-order valence-electron chi connectivity index (χ2n) is 4.29. The lowest BCUT2D eigenvalue weighted by Crippen LogP contribution is -2.22. The highest BCUT2D eigenvalue weighted by Gasteiger charge is 2.18. The maximum absolute atomic E-state index is 12.2. The van der Waals surface area contributed by atoms with Crippen LogP contribution in [0, 0.1) is 0 Å². The minimum absolute atomic E-state index is 0.280. The highest BCUT2D eigenvalue weighted by molar-refractivity contribution is 7.89. The Balaban J connectivity index is 1.80. The standard InChI is InChI=1S/C12H13N3O2S2/c16-19(17,15-7-10-6-13-8-18-10)11-1-2-12-9(5-11)3-4-14-12/h1-2,5-6,8,14-15H,3-4,7H2. The molecule has 19 heavy (non-hydrogen) atoms. The summed E-state index contributed by atoms with van der Waals surface area (Å²) in [6, 6.07) is 5.19. The molecule has 0 bridgehead atoms. The Morgan fingerprint density at radius 1 is 1.42 bits per heavy atom. The van der Waals surface area contributed by atoms with Crippen molar-refractivity contribution in [3.63, 3.8) is 0 Å². The van der Waals surface area contributed by atoms with Crippen LogP contribution in [-0.4, -0.2) is 19.9 Å². The van der Waals surface area contributed by atoms with Gasteiger partial charge >= 0.3 is 0 Å².